The molecule has 1 fully saturated rings. The van der Waals surface area contributed by atoms with E-state index in [1.165, 1.54) is 4.90 Å². The van der Waals surface area contributed by atoms with Crippen LogP contribution >= 0.6 is 12.4 Å². The van der Waals surface area contributed by atoms with Crippen molar-refractivity contribution in [2.24, 2.45) is 0 Å². The van der Waals surface area contributed by atoms with E-state index in [-0.39, 0.29) is 30.6 Å². The van der Waals surface area contributed by atoms with Gasteiger partial charge in [0.1, 0.15) is 6.42 Å². The monoisotopic (exact) mass is 249 g/mol. The predicted octanol–water partition coefficient (Wildman–Crippen LogP) is -0.293. The molecule has 0 aromatic rings. The Morgan fingerprint density at radius 3 is 2.50 bits per heavy atom. The fraction of sp³-hybridized carbons (Fsp3) is 0.800. The van der Waals surface area contributed by atoms with E-state index in [0.29, 0.717) is 6.04 Å². The summed E-state index contributed by atoms with van der Waals surface area (Å²) in [5.74, 6) is -0.195. The minimum absolute atomic E-state index is 0. The van der Waals surface area contributed by atoms with Gasteiger partial charge in [0.15, 0.2) is 0 Å². The summed E-state index contributed by atoms with van der Waals surface area (Å²) in [6, 6.07) is 0.378. The van der Waals surface area contributed by atoms with Crippen LogP contribution in [-0.4, -0.2) is 61.9 Å². The second kappa shape index (κ2) is 6.70. The number of hydrogen-bond donors (Lipinski definition) is 1. The lowest BCUT2D eigenvalue weighted by Crippen LogP contribution is -2.36. The van der Waals surface area contributed by atoms with Crippen LogP contribution in [0.5, 0.6) is 0 Å². The molecule has 1 heterocycles. The van der Waals surface area contributed by atoms with Gasteiger partial charge < -0.3 is 15.1 Å². The number of hydrogen-bond acceptors (Lipinski definition) is 3. The van der Waals surface area contributed by atoms with Crippen LogP contribution in [0.2, 0.25) is 0 Å². The topological polar surface area (TPSA) is 52.7 Å². The smallest absolute Gasteiger partial charge is 0.232 e. The van der Waals surface area contributed by atoms with Crippen LogP contribution in [0.1, 0.15) is 12.8 Å². The summed E-state index contributed by atoms with van der Waals surface area (Å²) in [5, 5.41) is 3.14. The standard InChI is InChI=1S/C10H19N3O2.ClH/c1-11-8-4-5-13(7-8)10(15)6-9(14)12(2)3;/h8,11H,4-7H2,1-3H3;1H. The third kappa shape index (κ3) is 3.98. The zero-order valence-corrected chi connectivity index (χ0v) is 10.8. The molecule has 1 unspecified atom stereocenters. The Kier molecular flexibility index (Phi) is 6.36. The van der Waals surface area contributed by atoms with E-state index < -0.39 is 0 Å². The first-order chi connectivity index (χ1) is 7.04. The highest BCUT2D eigenvalue weighted by atomic mass is 35.5. The van der Waals surface area contributed by atoms with Gasteiger partial charge in [-0.3, -0.25) is 9.59 Å². The van der Waals surface area contributed by atoms with Crippen molar-refractivity contribution in [1.29, 1.82) is 0 Å². The number of carbonyl (C=O) groups excluding carboxylic acids is 2. The largest absolute Gasteiger partial charge is 0.348 e. The van der Waals surface area contributed by atoms with Gasteiger partial charge in [-0.15, -0.1) is 12.4 Å². The number of likely N-dealkylation sites (tertiary alicyclic amines) is 1. The summed E-state index contributed by atoms with van der Waals surface area (Å²) in [7, 11) is 5.22. The van der Waals surface area contributed by atoms with Crippen LogP contribution in [0, 0.1) is 0 Å². The van der Waals surface area contributed by atoms with Crippen LogP contribution in [0.15, 0.2) is 0 Å². The zero-order valence-electron chi connectivity index (χ0n) is 10.0. The van der Waals surface area contributed by atoms with Gasteiger partial charge in [-0.25, -0.2) is 0 Å². The van der Waals surface area contributed by atoms with E-state index in [4.69, 9.17) is 0 Å². The molecule has 0 saturated carbocycles. The molecule has 1 saturated heterocycles. The molecule has 16 heavy (non-hydrogen) atoms. The number of amides is 2. The van der Waals surface area contributed by atoms with Gasteiger partial charge in [-0.1, -0.05) is 0 Å². The van der Waals surface area contributed by atoms with Crippen LogP contribution in [-0.2, 0) is 9.59 Å². The third-order valence-electron chi connectivity index (χ3n) is 2.75. The Bertz CT molecular complexity index is 258. The normalized spacial score (nSPS) is 19.2. The van der Waals surface area contributed by atoms with E-state index in [1.807, 2.05) is 7.05 Å². The maximum Gasteiger partial charge on any atom is 0.232 e. The minimum Gasteiger partial charge on any atom is -0.348 e. The molecule has 0 bridgehead atoms. The van der Waals surface area contributed by atoms with Crippen molar-refractivity contribution in [3.63, 3.8) is 0 Å². The Morgan fingerprint density at radius 2 is 2.06 bits per heavy atom. The molecule has 0 aromatic carbocycles. The van der Waals surface area contributed by atoms with E-state index in [0.717, 1.165) is 19.5 Å². The molecular formula is C10H20ClN3O2. The number of nitrogens with zero attached hydrogens (tertiary/aromatic N) is 2. The average molecular weight is 250 g/mol. The second-order valence-corrected chi connectivity index (χ2v) is 4.08. The van der Waals surface area contributed by atoms with Gasteiger partial charge in [0.25, 0.3) is 0 Å². The second-order valence-electron chi connectivity index (χ2n) is 4.08. The molecule has 2 amide bonds. The molecule has 1 N–H and O–H groups in total. The molecule has 1 atom stereocenters. The Morgan fingerprint density at radius 1 is 1.44 bits per heavy atom. The molecule has 94 valence electrons. The van der Waals surface area contributed by atoms with E-state index in [9.17, 15) is 9.59 Å². The van der Waals surface area contributed by atoms with E-state index in [1.54, 1.807) is 19.0 Å². The quantitative estimate of drug-likeness (QED) is 0.700. The summed E-state index contributed by atoms with van der Waals surface area (Å²) in [6.07, 6.45) is 0.960. The Labute approximate surface area is 103 Å². The first kappa shape index (κ1) is 15.2. The van der Waals surface area contributed by atoms with Gasteiger partial charge >= 0.3 is 0 Å². The molecule has 0 spiro atoms. The van der Waals surface area contributed by atoms with Crippen LogP contribution in [0.4, 0.5) is 0 Å². The number of carbonyl (C=O) groups is 2. The van der Waals surface area contributed by atoms with E-state index >= 15 is 0 Å². The summed E-state index contributed by atoms with van der Waals surface area (Å²) in [5.41, 5.74) is 0. The summed E-state index contributed by atoms with van der Waals surface area (Å²) < 4.78 is 0. The molecule has 1 aliphatic heterocycles. The van der Waals surface area contributed by atoms with Crippen molar-refractivity contribution in [3.05, 3.63) is 0 Å². The van der Waals surface area contributed by atoms with Crippen molar-refractivity contribution in [1.82, 2.24) is 15.1 Å². The number of rotatable bonds is 3. The number of likely N-dealkylation sites (N-methyl/N-ethyl adjacent to an activating group) is 1. The summed E-state index contributed by atoms with van der Waals surface area (Å²) in [4.78, 5) is 26.2. The van der Waals surface area contributed by atoms with Crippen molar-refractivity contribution >= 4 is 24.2 Å². The zero-order chi connectivity index (χ0) is 11.4. The molecule has 1 aliphatic rings. The first-order valence-electron chi connectivity index (χ1n) is 5.19. The molecule has 0 aliphatic carbocycles. The van der Waals surface area contributed by atoms with Gasteiger partial charge in [-0.2, -0.15) is 0 Å². The molecule has 0 aromatic heterocycles. The molecule has 0 radical (unpaired) electrons. The van der Waals surface area contributed by atoms with E-state index in [2.05, 4.69) is 5.32 Å². The fourth-order valence-corrected chi connectivity index (χ4v) is 1.62. The Balaban J connectivity index is 0.00000225. The third-order valence-corrected chi connectivity index (χ3v) is 2.75. The maximum atomic E-state index is 11.7. The molecule has 6 heteroatoms. The summed E-state index contributed by atoms with van der Waals surface area (Å²) >= 11 is 0. The number of halogens is 1. The van der Waals surface area contributed by atoms with Crippen LogP contribution in [0.25, 0.3) is 0 Å². The minimum atomic E-state index is -0.132. The van der Waals surface area contributed by atoms with Crippen molar-refractivity contribution in [2.45, 2.75) is 18.9 Å². The van der Waals surface area contributed by atoms with Gasteiger partial charge in [0, 0.05) is 33.2 Å². The molecule has 1 rings (SSSR count). The van der Waals surface area contributed by atoms with Gasteiger partial charge in [0.05, 0.1) is 0 Å². The summed E-state index contributed by atoms with van der Waals surface area (Å²) in [6.45, 7) is 1.47. The fourth-order valence-electron chi connectivity index (χ4n) is 1.62. The first-order valence-corrected chi connectivity index (χ1v) is 5.19. The van der Waals surface area contributed by atoms with Crippen LogP contribution in [0.3, 0.4) is 0 Å². The number of nitrogens with one attached hydrogen (secondary N) is 1. The highest BCUT2D eigenvalue weighted by Gasteiger charge is 2.26. The molecule has 5 nitrogen and oxygen atoms in total. The highest BCUT2D eigenvalue weighted by Crippen LogP contribution is 2.10. The Hall–Kier alpha value is -0.810. The van der Waals surface area contributed by atoms with Crippen LogP contribution < -0.4 is 5.32 Å². The average Bonchev–Trinajstić information content (AvgIpc) is 2.65. The van der Waals surface area contributed by atoms with Gasteiger partial charge in [-0.05, 0) is 13.5 Å². The predicted molar refractivity (Wildman–Crippen MR) is 64.6 cm³/mol. The molecular weight excluding hydrogens is 230 g/mol. The highest BCUT2D eigenvalue weighted by molar-refractivity contribution is 5.96. The van der Waals surface area contributed by atoms with Crippen molar-refractivity contribution in [3.8, 4) is 0 Å². The lowest BCUT2D eigenvalue weighted by atomic mass is 10.3. The van der Waals surface area contributed by atoms with Crippen molar-refractivity contribution in [2.75, 3.05) is 34.2 Å². The lowest BCUT2D eigenvalue weighted by molar-refractivity contribution is -0.138. The lowest BCUT2D eigenvalue weighted by Gasteiger charge is -2.17. The van der Waals surface area contributed by atoms with Crippen molar-refractivity contribution < 1.29 is 9.59 Å². The maximum absolute atomic E-state index is 11.7. The SMILES string of the molecule is CNC1CCN(C(=O)CC(=O)N(C)C)C1.Cl. The van der Waals surface area contributed by atoms with Gasteiger partial charge in [0.2, 0.25) is 11.8 Å².